The van der Waals surface area contributed by atoms with Crippen LogP contribution in [0, 0.1) is 11.5 Å². The Labute approximate surface area is 216 Å². The van der Waals surface area contributed by atoms with Gasteiger partial charge in [0.1, 0.15) is 11.2 Å². The molecule has 0 atom stereocenters. The summed E-state index contributed by atoms with van der Waals surface area (Å²) in [6, 6.07) is 36.4. The first-order valence-corrected chi connectivity index (χ1v) is 12.1. The van der Waals surface area contributed by atoms with Crippen molar-refractivity contribution >= 4 is 38.3 Å². The number of nitrogens with two attached hydrogens (primary N) is 1. The zero-order valence-corrected chi connectivity index (χ0v) is 20.6. The third-order valence-electron chi connectivity index (χ3n) is 6.50. The molecule has 6 rings (SSSR count). The summed E-state index contributed by atoms with van der Waals surface area (Å²) < 4.78 is 6.47. The van der Waals surface area contributed by atoms with Gasteiger partial charge in [0, 0.05) is 10.8 Å². The van der Waals surface area contributed by atoms with E-state index in [1.807, 2.05) is 25.1 Å². The van der Waals surface area contributed by atoms with Crippen LogP contribution in [0.4, 0.5) is 0 Å². The molecule has 0 spiro atoms. The van der Waals surface area contributed by atoms with Crippen molar-refractivity contribution in [1.29, 1.82) is 5.26 Å². The molecule has 37 heavy (non-hydrogen) atoms. The van der Waals surface area contributed by atoms with Gasteiger partial charge in [0.05, 0.1) is 0 Å². The molecule has 178 valence electrons. The number of rotatable bonds is 4. The fourth-order valence-corrected chi connectivity index (χ4v) is 4.87. The monoisotopic (exact) mass is 478 g/mol. The third kappa shape index (κ3) is 4.49. The summed E-state index contributed by atoms with van der Waals surface area (Å²) in [6.07, 6.45) is 5.32. The normalized spacial score (nSPS) is 10.9. The lowest BCUT2D eigenvalue weighted by Gasteiger charge is -2.10. The van der Waals surface area contributed by atoms with Crippen LogP contribution in [0.3, 0.4) is 0 Å². The molecule has 0 amide bonds. The molecule has 0 fully saturated rings. The second kappa shape index (κ2) is 10.3. The Morgan fingerprint density at radius 2 is 1.46 bits per heavy atom. The van der Waals surface area contributed by atoms with Crippen LogP contribution in [0.25, 0.3) is 60.5 Å². The Bertz CT molecular complexity index is 1820. The summed E-state index contributed by atoms with van der Waals surface area (Å²) in [5, 5.41) is 11.8. The predicted octanol–water partition coefficient (Wildman–Crippen LogP) is 9.09. The first-order valence-electron chi connectivity index (χ1n) is 12.1. The minimum Gasteiger partial charge on any atom is -0.456 e. The summed E-state index contributed by atoms with van der Waals surface area (Å²) in [6.45, 7) is 6.23. The van der Waals surface area contributed by atoms with Gasteiger partial charge in [0.15, 0.2) is 6.19 Å². The van der Waals surface area contributed by atoms with E-state index in [4.69, 9.17) is 9.68 Å². The number of hydrogen-bond acceptors (Lipinski definition) is 3. The van der Waals surface area contributed by atoms with Gasteiger partial charge in [-0.05, 0) is 75.4 Å². The zero-order valence-electron chi connectivity index (χ0n) is 20.6. The van der Waals surface area contributed by atoms with Gasteiger partial charge < -0.3 is 10.2 Å². The molecule has 0 aliphatic rings. The van der Waals surface area contributed by atoms with Gasteiger partial charge in [-0.1, -0.05) is 97.6 Å². The minimum absolute atomic E-state index is 0.909. The van der Waals surface area contributed by atoms with Gasteiger partial charge in [-0.15, -0.1) is 0 Å². The average Bonchev–Trinajstić information content (AvgIpc) is 3.32. The molecule has 1 heterocycles. The SMILES string of the molecule is C=C(/C=C\C)c1cccc(-c2cc3oc4cc(-c5ccccc5)ccc4c3c3ccccc23)c1.N#CN. The standard InChI is InChI=1S/C33H24O.CH2N2/c1-3-10-22(2)24-13-9-14-26(19-24)30-21-32-33(28-16-8-7-15-27(28)30)29-18-17-25(20-31(29)34-32)23-11-5-4-6-12-23;2-1-3/h3-21H,2H2,1H3;2H2/b10-3-;. The van der Waals surface area contributed by atoms with E-state index in [1.54, 1.807) is 0 Å². The highest BCUT2D eigenvalue weighted by molar-refractivity contribution is 6.22. The molecule has 5 aromatic carbocycles. The number of nitrogens with zero attached hydrogens (tertiary/aromatic N) is 1. The lowest BCUT2D eigenvalue weighted by Crippen LogP contribution is -1.86. The highest BCUT2D eigenvalue weighted by Crippen LogP contribution is 2.41. The fourth-order valence-electron chi connectivity index (χ4n) is 4.87. The molecule has 3 heteroatoms. The molecule has 0 saturated carbocycles. The van der Waals surface area contributed by atoms with E-state index in [0.717, 1.165) is 38.8 Å². The van der Waals surface area contributed by atoms with Crippen molar-refractivity contribution in [2.45, 2.75) is 6.92 Å². The Balaban J connectivity index is 0.000000892. The van der Waals surface area contributed by atoms with Crippen LogP contribution in [-0.4, -0.2) is 0 Å². The number of nitriles is 1. The lowest BCUT2D eigenvalue weighted by atomic mass is 9.93. The summed E-state index contributed by atoms with van der Waals surface area (Å²) in [4.78, 5) is 0. The number of allylic oxidation sites excluding steroid dienone is 3. The quantitative estimate of drug-likeness (QED) is 0.156. The van der Waals surface area contributed by atoms with E-state index in [9.17, 15) is 0 Å². The third-order valence-corrected chi connectivity index (χ3v) is 6.50. The predicted molar refractivity (Wildman–Crippen MR) is 156 cm³/mol. The Kier molecular flexibility index (Phi) is 6.57. The maximum Gasteiger partial charge on any atom is 0.173 e. The van der Waals surface area contributed by atoms with Crippen LogP contribution >= 0.6 is 0 Å². The number of furan rings is 1. The summed E-state index contributed by atoms with van der Waals surface area (Å²) in [7, 11) is 0. The molecule has 0 bridgehead atoms. The molecule has 2 N–H and O–H groups in total. The van der Waals surface area contributed by atoms with E-state index in [0.29, 0.717) is 0 Å². The molecule has 0 saturated heterocycles. The van der Waals surface area contributed by atoms with Crippen molar-refractivity contribution in [3.05, 3.63) is 127 Å². The van der Waals surface area contributed by atoms with Crippen LogP contribution in [0.1, 0.15) is 12.5 Å². The van der Waals surface area contributed by atoms with E-state index >= 15 is 0 Å². The average molecular weight is 479 g/mol. The van der Waals surface area contributed by atoms with Gasteiger partial charge in [-0.3, -0.25) is 0 Å². The maximum atomic E-state index is 7.10. The zero-order chi connectivity index (χ0) is 25.8. The molecule has 0 unspecified atom stereocenters. The van der Waals surface area contributed by atoms with Gasteiger partial charge >= 0.3 is 0 Å². The molecular formula is C34H26N2O. The summed E-state index contributed by atoms with van der Waals surface area (Å²) >= 11 is 0. The van der Waals surface area contributed by atoms with Gasteiger partial charge in [-0.2, -0.15) is 5.26 Å². The number of hydrogen-bond donors (Lipinski definition) is 1. The van der Waals surface area contributed by atoms with Crippen molar-refractivity contribution in [2.24, 2.45) is 5.73 Å². The van der Waals surface area contributed by atoms with Gasteiger partial charge in [0.25, 0.3) is 0 Å². The Morgan fingerprint density at radius 3 is 2.22 bits per heavy atom. The van der Waals surface area contributed by atoms with Crippen molar-refractivity contribution in [3.8, 4) is 28.4 Å². The largest absolute Gasteiger partial charge is 0.456 e. The van der Waals surface area contributed by atoms with Crippen LogP contribution in [0.5, 0.6) is 0 Å². The van der Waals surface area contributed by atoms with Gasteiger partial charge in [0.2, 0.25) is 0 Å². The van der Waals surface area contributed by atoms with Crippen molar-refractivity contribution in [3.63, 3.8) is 0 Å². The summed E-state index contributed by atoms with van der Waals surface area (Å²) in [5.74, 6) is 0. The number of benzene rings is 5. The maximum absolute atomic E-state index is 7.10. The first-order chi connectivity index (χ1) is 18.1. The van der Waals surface area contributed by atoms with Crippen LogP contribution in [0.15, 0.2) is 126 Å². The molecular weight excluding hydrogens is 452 g/mol. The fraction of sp³-hybridized carbons (Fsp3) is 0.0294. The first kappa shape index (κ1) is 23.7. The second-order valence-corrected chi connectivity index (χ2v) is 8.76. The van der Waals surface area contributed by atoms with Gasteiger partial charge in [-0.25, -0.2) is 0 Å². The van der Waals surface area contributed by atoms with Crippen LogP contribution < -0.4 is 5.73 Å². The smallest absolute Gasteiger partial charge is 0.173 e. The van der Waals surface area contributed by atoms with E-state index in [-0.39, 0.29) is 0 Å². The molecule has 0 radical (unpaired) electrons. The topological polar surface area (TPSA) is 63.0 Å². The highest BCUT2D eigenvalue weighted by atomic mass is 16.3. The van der Waals surface area contributed by atoms with E-state index < -0.39 is 0 Å². The van der Waals surface area contributed by atoms with Crippen LogP contribution in [0.2, 0.25) is 0 Å². The van der Waals surface area contributed by atoms with Crippen molar-refractivity contribution in [2.75, 3.05) is 0 Å². The van der Waals surface area contributed by atoms with Crippen LogP contribution in [-0.2, 0) is 0 Å². The number of fused-ring (bicyclic) bond motifs is 5. The summed E-state index contributed by atoms with van der Waals surface area (Å²) in [5.41, 5.74) is 12.8. The molecule has 6 aromatic rings. The van der Waals surface area contributed by atoms with E-state index in [2.05, 4.69) is 109 Å². The lowest BCUT2D eigenvalue weighted by molar-refractivity contribution is 0.669. The highest BCUT2D eigenvalue weighted by Gasteiger charge is 2.15. The van der Waals surface area contributed by atoms with Crippen molar-refractivity contribution < 1.29 is 4.42 Å². The van der Waals surface area contributed by atoms with E-state index in [1.165, 1.54) is 33.5 Å². The molecule has 0 aliphatic carbocycles. The Hall–Kier alpha value is -5.07. The minimum atomic E-state index is 0.909. The second-order valence-electron chi connectivity index (χ2n) is 8.76. The van der Waals surface area contributed by atoms with Crippen molar-refractivity contribution in [1.82, 2.24) is 0 Å². The Morgan fingerprint density at radius 1 is 0.757 bits per heavy atom. The molecule has 0 aliphatic heterocycles. The molecule has 3 nitrogen and oxygen atoms in total. The molecule has 1 aromatic heterocycles.